The number of likely N-dealkylation sites (tertiary alicyclic amines) is 1. The number of nitrogens with zero attached hydrogens (tertiary/aromatic N) is 2. The fourth-order valence-corrected chi connectivity index (χ4v) is 6.15. The Hall–Kier alpha value is -2.97. The summed E-state index contributed by atoms with van der Waals surface area (Å²) in [6.07, 6.45) is 3.75. The zero-order valence-corrected chi connectivity index (χ0v) is 21.0. The molecule has 2 aliphatic rings. The van der Waals surface area contributed by atoms with Crippen molar-refractivity contribution < 1.29 is 18.8 Å². The number of carbonyl (C=O) groups is 3. The molecule has 190 valence electrons. The second-order valence-corrected chi connectivity index (χ2v) is 11.2. The van der Waals surface area contributed by atoms with E-state index >= 15 is 0 Å². The SMILES string of the molecule is C[C@H](NC(=O)[C@@H](CC(=O)N1CCCC[C@@H]1C)C1(C(N)=O)CC(C)(C)C1)c1nc2c(F)cccc2[nH]1. The summed E-state index contributed by atoms with van der Waals surface area (Å²) in [6, 6.07) is 4.14. The molecule has 4 rings (SSSR count). The van der Waals surface area contributed by atoms with E-state index in [4.69, 9.17) is 5.73 Å². The largest absolute Gasteiger partial charge is 0.369 e. The molecule has 0 bridgehead atoms. The molecule has 35 heavy (non-hydrogen) atoms. The Labute approximate surface area is 205 Å². The first kappa shape index (κ1) is 25.1. The molecule has 0 radical (unpaired) electrons. The highest BCUT2D eigenvalue weighted by atomic mass is 19.1. The molecule has 2 aromatic rings. The van der Waals surface area contributed by atoms with Crippen molar-refractivity contribution in [2.75, 3.05) is 6.54 Å². The van der Waals surface area contributed by atoms with Gasteiger partial charge in [-0.2, -0.15) is 0 Å². The molecule has 2 heterocycles. The van der Waals surface area contributed by atoms with Gasteiger partial charge in [0.05, 0.1) is 22.9 Å². The first-order valence-corrected chi connectivity index (χ1v) is 12.5. The van der Waals surface area contributed by atoms with E-state index in [1.165, 1.54) is 6.07 Å². The number of halogens is 1. The summed E-state index contributed by atoms with van der Waals surface area (Å²) < 4.78 is 14.1. The van der Waals surface area contributed by atoms with Gasteiger partial charge in [-0.15, -0.1) is 0 Å². The molecule has 2 fully saturated rings. The lowest BCUT2D eigenvalue weighted by molar-refractivity contribution is -0.161. The summed E-state index contributed by atoms with van der Waals surface area (Å²) in [5.41, 5.74) is 5.38. The lowest BCUT2D eigenvalue weighted by Crippen LogP contribution is -2.60. The molecular weight excluding hydrogens is 449 g/mol. The van der Waals surface area contributed by atoms with Gasteiger partial charge in [0.25, 0.3) is 0 Å². The number of imidazole rings is 1. The van der Waals surface area contributed by atoms with Crippen molar-refractivity contribution in [1.29, 1.82) is 0 Å². The summed E-state index contributed by atoms with van der Waals surface area (Å²) >= 11 is 0. The Morgan fingerprint density at radius 2 is 2.00 bits per heavy atom. The third-order valence-electron chi connectivity index (χ3n) is 7.82. The van der Waals surface area contributed by atoms with Crippen LogP contribution in [0.3, 0.4) is 0 Å². The highest BCUT2D eigenvalue weighted by Gasteiger charge is 2.60. The lowest BCUT2D eigenvalue weighted by atomic mass is 9.48. The molecule has 0 spiro atoms. The van der Waals surface area contributed by atoms with Gasteiger partial charge in [0.2, 0.25) is 17.7 Å². The van der Waals surface area contributed by atoms with Crippen LogP contribution in [0.25, 0.3) is 11.0 Å². The number of amides is 3. The van der Waals surface area contributed by atoms with Crippen molar-refractivity contribution in [3.05, 3.63) is 29.8 Å². The second-order valence-electron chi connectivity index (χ2n) is 11.2. The number of primary amides is 1. The summed E-state index contributed by atoms with van der Waals surface area (Å²) in [5.74, 6) is -2.03. The minimum atomic E-state index is -1.08. The molecule has 1 aromatic carbocycles. The molecule has 9 heteroatoms. The first-order chi connectivity index (χ1) is 16.4. The van der Waals surface area contributed by atoms with Gasteiger partial charge in [-0.3, -0.25) is 14.4 Å². The number of carbonyl (C=O) groups excluding carboxylic acids is 3. The number of fused-ring (bicyclic) bond motifs is 1. The van der Waals surface area contributed by atoms with Crippen LogP contribution in [0.1, 0.15) is 78.1 Å². The molecule has 3 amide bonds. The maximum absolute atomic E-state index is 14.1. The molecule has 0 unspecified atom stereocenters. The van der Waals surface area contributed by atoms with Crippen molar-refractivity contribution in [2.45, 2.75) is 78.3 Å². The van der Waals surface area contributed by atoms with Crippen molar-refractivity contribution in [1.82, 2.24) is 20.2 Å². The van der Waals surface area contributed by atoms with Crippen LogP contribution < -0.4 is 11.1 Å². The molecule has 1 aliphatic carbocycles. The maximum atomic E-state index is 14.1. The quantitative estimate of drug-likeness (QED) is 0.555. The Balaban J connectivity index is 1.59. The maximum Gasteiger partial charge on any atom is 0.225 e. The van der Waals surface area contributed by atoms with Gasteiger partial charge >= 0.3 is 0 Å². The lowest BCUT2D eigenvalue weighted by Gasteiger charge is -2.54. The number of para-hydroxylation sites is 1. The van der Waals surface area contributed by atoms with Crippen molar-refractivity contribution in [3.63, 3.8) is 0 Å². The Morgan fingerprint density at radius 3 is 2.60 bits per heavy atom. The Kier molecular flexibility index (Phi) is 6.64. The average Bonchev–Trinajstić information content (AvgIpc) is 3.21. The van der Waals surface area contributed by atoms with E-state index in [-0.39, 0.29) is 29.3 Å². The Morgan fingerprint density at radius 1 is 1.29 bits per heavy atom. The van der Waals surface area contributed by atoms with Gasteiger partial charge in [0, 0.05) is 19.0 Å². The van der Waals surface area contributed by atoms with Gasteiger partial charge in [0.1, 0.15) is 11.3 Å². The molecule has 4 N–H and O–H groups in total. The molecule has 1 aliphatic heterocycles. The standard InChI is InChI=1S/C26H36FN5O3/c1-15-8-5-6-11-32(15)20(33)12-17(26(24(28)35)13-25(3,4)14-26)23(34)29-16(2)22-30-19-10-7-9-18(27)21(19)31-22/h7,9-10,15-17H,5-6,8,11-14H2,1-4H3,(H2,28,35)(H,29,34)(H,30,31)/t15-,16-,17+/m0/s1. The normalized spacial score (nSPS) is 22.8. The van der Waals surface area contributed by atoms with Crippen molar-refractivity contribution >= 4 is 28.8 Å². The van der Waals surface area contributed by atoms with E-state index in [1.807, 2.05) is 25.7 Å². The third kappa shape index (κ3) is 4.77. The zero-order valence-electron chi connectivity index (χ0n) is 21.0. The topological polar surface area (TPSA) is 121 Å². The van der Waals surface area contributed by atoms with Gasteiger partial charge in [0.15, 0.2) is 5.82 Å². The molecule has 1 saturated carbocycles. The summed E-state index contributed by atoms with van der Waals surface area (Å²) in [6.45, 7) is 8.48. The van der Waals surface area contributed by atoms with E-state index in [1.54, 1.807) is 19.1 Å². The van der Waals surface area contributed by atoms with E-state index in [2.05, 4.69) is 15.3 Å². The van der Waals surface area contributed by atoms with E-state index in [9.17, 15) is 18.8 Å². The first-order valence-electron chi connectivity index (χ1n) is 12.5. The predicted octanol–water partition coefficient (Wildman–Crippen LogP) is 3.58. The molecule has 1 saturated heterocycles. The van der Waals surface area contributed by atoms with Crippen LogP contribution in [-0.2, 0) is 14.4 Å². The number of aromatic nitrogens is 2. The average molecular weight is 486 g/mol. The zero-order chi connectivity index (χ0) is 25.5. The van der Waals surface area contributed by atoms with E-state index in [0.29, 0.717) is 30.7 Å². The third-order valence-corrected chi connectivity index (χ3v) is 7.82. The van der Waals surface area contributed by atoms with Crippen molar-refractivity contribution in [2.24, 2.45) is 22.5 Å². The van der Waals surface area contributed by atoms with Crippen LogP contribution in [0, 0.1) is 22.6 Å². The number of piperidine rings is 1. The van der Waals surface area contributed by atoms with E-state index < -0.39 is 35.0 Å². The monoisotopic (exact) mass is 485 g/mol. The smallest absolute Gasteiger partial charge is 0.225 e. The number of rotatable bonds is 7. The number of benzene rings is 1. The Bertz CT molecular complexity index is 1140. The van der Waals surface area contributed by atoms with Crippen LogP contribution >= 0.6 is 0 Å². The van der Waals surface area contributed by atoms with Gasteiger partial charge < -0.3 is 20.9 Å². The summed E-state index contributed by atoms with van der Waals surface area (Å²) in [4.78, 5) is 48.9. The number of hydrogen-bond donors (Lipinski definition) is 3. The molecule has 8 nitrogen and oxygen atoms in total. The minimum Gasteiger partial charge on any atom is -0.369 e. The number of H-pyrrole nitrogens is 1. The van der Waals surface area contributed by atoms with Crippen LogP contribution in [0.4, 0.5) is 4.39 Å². The number of aromatic amines is 1. The highest BCUT2D eigenvalue weighted by Crippen LogP contribution is 2.59. The predicted molar refractivity (Wildman–Crippen MR) is 130 cm³/mol. The molecule has 1 aromatic heterocycles. The van der Waals surface area contributed by atoms with Crippen LogP contribution in [-0.4, -0.2) is 45.2 Å². The van der Waals surface area contributed by atoms with E-state index in [0.717, 1.165) is 19.3 Å². The second kappa shape index (κ2) is 9.24. The van der Waals surface area contributed by atoms with Gasteiger partial charge in [-0.1, -0.05) is 19.9 Å². The highest BCUT2D eigenvalue weighted by molar-refractivity contribution is 5.94. The molecular formula is C26H36FN5O3. The number of nitrogens with one attached hydrogen (secondary N) is 2. The fourth-order valence-electron chi connectivity index (χ4n) is 6.15. The molecule has 3 atom stereocenters. The van der Waals surface area contributed by atoms with Crippen LogP contribution in [0.15, 0.2) is 18.2 Å². The number of hydrogen-bond acceptors (Lipinski definition) is 4. The summed E-state index contributed by atoms with van der Waals surface area (Å²) in [5, 5.41) is 2.92. The fraction of sp³-hybridized carbons (Fsp3) is 0.615. The number of nitrogens with two attached hydrogens (primary N) is 1. The van der Waals surface area contributed by atoms with Crippen LogP contribution in [0.2, 0.25) is 0 Å². The van der Waals surface area contributed by atoms with Gasteiger partial charge in [-0.25, -0.2) is 9.37 Å². The summed E-state index contributed by atoms with van der Waals surface area (Å²) in [7, 11) is 0. The minimum absolute atomic E-state index is 0.0727. The van der Waals surface area contributed by atoms with Crippen molar-refractivity contribution in [3.8, 4) is 0 Å². The van der Waals surface area contributed by atoms with Gasteiger partial charge in [-0.05, 0) is 63.5 Å². The van der Waals surface area contributed by atoms with Crippen LogP contribution in [0.5, 0.6) is 0 Å².